The molecule has 10 heteroatoms. The number of anilines is 1. The number of amides is 3. The third-order valence-corrected chi connectivity index (χ3v) is 6.35. The van der Waals surface area contributed by atoms with Crippen LogP contribution in [0.3, 0.4) is 0 Å². The van der Waals surface area contributed by atoms with Crippen molar-refractivity contribution in [2.24, 2.45) is 5.73 Å². The second kappa shape index (κ2) is 8.36. The van der Waals surface area contributed by atoms with Crippen LogP contribution in [0.4, 0.5) is 10.5 Å². The molecule has 4 N–H and O–H groups in total. The van der Waals surface area contributed by atoms with Crippen LogP contribution in [0.5, 0.6) is 0 Å². The molecule has 1 aromatic carbocycles. The van der Waals surface area contributed by atoms with E-state index in [0.29, 0.717) is 25.1 Å². The van der Waals surface area contributed by atoms with Crippen molar-refractivity contribution in [1.29, 1.82) is 0 Å². The highest BCUT2D eigenvalue weighted by Crippen LogP contribution is 2.26. The normalized spacial score (nSPS) is 17.2. The third kappa shape index (κ3) is 4.46. The number of carbonyl (C=O) groups is 2. The standard InChI is InChI=1S/C18H21N5O4S/c19-17(24)16-4-2-10-23(16)28(26,27)15-7-5-14(6-8-15)22-18(25)21-12-13-3-1-9-20-11-13/h1,3,5-9,11,16H,2,4,10,12H2,(H2,19,24)(H2,21,22,25). The second-order valence-corrected chi connectivity index (χ2v) is 8.26. The van der Waals surface area contributed by atoms with Crippen molar-refractivity contribution in [3.63, 3.8) is 0 Å². The minimum atomic E-state index is -3.83. The number of benzene rings is 1. The van der Waals surface area contributed by atoms with E-state index < -0.39 is 28.0 Å². The van der Waals surface area contributed by atoms with E-state index in [0.717, 1.165) is 9.87 Å². The largest absolute Gasteiger partial charge is 0.368 e. The predicted molar refractivity (Wildman–Crippen MR) is 103 cm³/mol. The van der Waals surface area contributed by atoms with Crippen molar-refractivity contribution in [2.45, 2.75) is 30.3 Å². The van der Waals surface area contributed by atoms with Gasteiger partial charge in [-0.05, 0) is 48.7 Å². The number of carbonyl (C=O) groups excluding carboxylic acids is 2. The summed E-state index contributed by atoms with van der Waals surface area (Å²) >= 11 is 0. The maximum Gasteiger partial charge on any atom is 0.319 e. The first-order valence-corrected chi connectivity index (χ1v) is 10.2. The Morgan fingerprint density at radius 1 is 1.21 bits per heavy atom. The Morgan fingerprint density at radius 2 is 1.96 bits per heavy atom. The number of nitrogens with zero attached hydrogens (tertiary/aromatic N) is 2. The van der Waals surface area contributed by atoms with Crippen LogP contribution in [0.1, 0.15) is 18.4 Å². The van der Waals surface area contributed by atoms with E-state index >= 15 is 0 Å². The number of sulfonamides is 1. The Kier molecular flexibility index (Phi) is 5.90. The van der Waals surface area contributed by atoms with Crippen molar-refractivity contribution >= 4 is 27.6 Å². The molecule has 2 aromatic rings. The van der Waals surface area contributed by atoms with Gasteiger partial charge in [-0.3, -0.25) is 9.78 Å². The maximum absolute atomic E-state index is 12.8. The van der Waals surface area contributed by atoms with Gasteiger partial charge < -0.3 is 16.4 Å². The average Bonchev–Trinajstić information content (AvgIpc) is 3.19. The molecule has 0 aliphatic carbocycles. The third-order valence-electron chi connectivity index (χ3n) is 4.43. The summed E-state index contributed by atoms with van der Waals surface area (Å²) in [6.07, 6.45) is 4.31. The second-order valence-electron chi connectivity index (χ2n) is 6.37. The molecule has 148 valence electrons. The van der Waals surface area contributed by atoms with Gasteiger partial charge in [0.15, 0.2) is 0 Å². The minimum Gasteiger partial charge on any atom is -0.368 e. The van der Waals surface area contributed by atoms with Crippen LogP contribution in [-0.2, 0) is 21.4 Å². The monoisotopic (exact) mass is 403 g/mol. The molecule has 1 aliphatic rings. The van der Waals surface area contributed by atoms with Crippen LogP contribution < -0.4 is 16.4 Å². The van der Waals surface area contributed by atoms with Gasteiger partial charge in [0, 0.05) is 31.2 Å². The van der Waals surface area contributed by atoms with Crippen LogP contribution in [0.2, 0.25) is 0 Å². The van der Waals surface area contributed by atoms with Gasteiger partial charge in [0.2, 0.25) is 15.9 Å². The Bertz CT molecular complexity index is 948. The summed E-state index contributed by atoms with van der Waals surface area (Å²) in [6.45, 7) is 0.572. The van der Waals surface area contributed by atoms with E-state index in [2.05, 4.69) is 15.6 Å². The topological polar surface area (TPSA) is 134 Å². The summed E-state index contributed by atoms with van der Waals surface area (Å²) in [5, 5.41) is 5.32. The van der Waals surface area contributed by atoms with Crippen molar-refractivity contribution in [2.75, 3.05) is 11.9 Å². The zero-order valence-corrected chi connectivity index (χ0v) is 15.9. The molecular formula is C18H21N5O4S. The van der Waals surface area contributed by atoms with Gasteiger partial charge in [-0.25, -0.2) is 13.2 Å². The van der Waals surface area contributed by atoms with Crippen LogP contribution in [0.15, 0.2) is 53.7 Å². The lowest BCUT2D eigenvalue weighted by Gasteiger charge is -2.21. The van der Waals surface area contributed by atoms with Gasteiger partial charge in [0.25, 0.3) is 0 Å². The van der Waals surface area contributed by atoms with Gasteiger partial charge in [-0.15, -0.1) is 0 Å². The Hall–Kier alpha value is -2.98. The first-order valence-electron chi connectivity index (χ1n) is 8.73. The van der Waals surface area contributed by atoms with Gasteiger partial charge in [0.1, 0.15) is 6.04 Å². The number of aromatic nitrogens is 1. The van der Waals surface area contributed by atoms with E-state index in [1.165, 1.54) is 24.3 Å². The molecule has 3 amide bonds. The Balaban J connectivity index is 1.63. The van der Waals surface area contributed by atoms with E-state index in [1.54, 1.807) is 18.5 Å². The molecule has 1 aromatic heterocycles. The molecule has 28 heavy (non-hydrogen) atoms. The first kappa shape index (κ1) is 19.8. The molecule has 9 nitrogen and oxygen atoms in total. The number of primary amides is 1. The summed E-state index contributed by atoms with van der Waals surface area (Å²) in [7, 11) is -3.83. The van der Waals surface area contributed by atoms with Crippen molar-refractivity contribution < 1.29 is 18.0 Å². The molecule has 3 rings (SSSR count). The fourth-order valence-electron chi connectivity index (χ4n) is 3.02. The highest BCUT2D eigenvalue weighted by atomic mass is 32.2. The fraction of sp³-hybridized carbons (Fsp3) is 0.278. The Morgan fingerprint density at radius 3 is 2.61 bits per heavy atom. The van der Waals surface area contributed by atoms with Gasteiger partial charge in [0.05, 0.1) is 4.90 Å². The summed E-state index contributed by atoms with van der Waals surface area (Å²) in [5.41, 5.74) is 6.60. The summed E-state index contributed by atoms with van der Waals surface area (Å²) in [4.78, 5) is 27.5. The summed E-state index contributed by atoms with van der Waals surface area (Å²) < 4.78 is 26.6. The molecular weight excluding hydrogens is 382 g/mol. The predicted octanol–water partition coefficient (Wildman–Crippen LogP) is 1.04. The molecule has 0 saturated carbocycles. The first-order chi connectivity index (χ1) is 13.4. The molecule has 0 radical (unpaired) electrons. The van der Waals surface area contributed by atoms with Crippen molar-refractivity contribution in [1.82, 2.24) is 14.6 Å². The molecule has 1 atom stereocenters. The van der Waals surface area contributed by atoms with Gasteiger partial charge in [-0.1, -0.05) is 6.07 Å². The molecule has 1 saturated heterocycles. The van der Waals surface area contributed by atoms with E-state index in [-0.39, 0.29) is 11.4 Å². The minimum absolute atomic E-state index is 0.0435. The highest BCUT2D eigenvalue weighted by Gasteiger charge is 2.38. The van der Waals surface area contributed by atoms with E-state index in [4.69, 9.17) is 5.73 Å². The maximum atomic E-state index is 12.8. The molecule has 1 aliphatic heterocycles. The molecule has 1 fully saturated rings. The zero-order valence-electron chi connectivity index (χ0n) is 15.0. The van der Waals surface area contributed by atoms with Crippen LogP contribution in [-0.4, -0.2) is 42.2 Å². The van der Waals surface area contributed by atoms with Crippen molar-refractivity contribution in [3.8, 4) is 0 Å². The lowest BCUT2D eigenvalue weighted by atomic mass is 10.2. The lowest BCUT2D eigenvalue weighted by molar-refractivity contribution is -0.121. The summed E-state index contributed by atoms with van der Waals surface area (Å²) in [5.74, 6) is -0.648. The molecule has 0 bridgehead atoms. The van der Waals surface area contributed by atoms with Gasteiger partial charge in [-0.2, -0.15) is 4.31 Å². The van der Waals surface area contributed by atoms with E-state index in [1.807, 2.05) is 6.07 Å². The van der Waals surface area contributed by atoms with Crippen LogP contribution in [0.25, 0.3) is 0 Å². The summed E-state index contributed by atoms with van der Waals surface area (Å²) in [6, 6.07) is 8.14. The average molecular weight is 403 g/mol. The SMILES string of the molecule is NC(=O)C1CCCN1S(=O)(=O)c1ccc(NC(=O)NCc2cccnc2)cc1. The molecule has 2 heterocycles. The van der Waals surface area contributed by atoms with Crippen LogP contribution in [0, 0.1) is 0 Å². The van der Waals surface area contributed by atoms with Gasteiger partial charge >= 0.3 is 6.03 Å². The molecule has 1 unspecified atom stereocenters. The number of nitrogens with two attached hydrogens (primary N) is 1. The zero-order chi connectivity index (χ0) is 20.1. The number of pyridine rings is 1. The highest BCUT2D eigenvalue weighted by molar-refractivity contribution is 7.89. The van der Waals surface area contributed by atoms with Crippen LogP contribution >= 0.6 is 0 Å². The molecule has 0 spiro atoms. The number of hydrogen-bond acceptors (Lipinski definition) is 5. The number of urea groups is 1. The number of nitrogens with one attached hydrogen (secondary N) is 2. The Labute approximate surface area is 163 Å². The number of rotatable bonds is 6. The van der Waals surface area contributed by atoms with E-state index in [9.17, 15) is 18.0 Å². The number of hydrogen-bond donors (Lipinski definition) is 3. The lowest BCUT2D eigenvalue weighted by Crippen LogP contribution is -2.43. The fourth-order valence-corrected chi connectivity index (χ4v) is 4.68. The smallest absolute Gasteiger partial charge is 0.319 e. The van der Waals surface area contributed by atoms with Crippen molar-refractivity contribution in [3.05, 3.63) is 54.4 Å². The quantitative estimate of drug-likeness (QED) is 0.662.